The molecule has 0 aliphatic carbocycles. The molecule has 0 aliphatic heterocycles. The molecule has 0 aromatic heterocycles. The standard InChI is InChI=1S/C26H20Br2/c1-17-9-18(2)12-21(11-17)5-7-23-15-26(28)24(16-25(23)27)8-6-22-13-19(3)10-20(4)14-22/h9-16H,1-4H3. The van der Waals surface area contributed by atoms with Crippen molar-refractivity contribution < 1.29 is 0 Å². The monoisotopic (exact) mass is 490 g/mol. The summed E-state index contributed by atoms with van der Waals surface area (Å²) in [5.41, 5.74) is 8.82. The smallest absolute Gasteiger partial charge is 0.0403 e. The van der Waals surface area contributed by atoms with E-state index >= 15 is 0 Å². The van der Waals surface area contributed by atoms with Crippen LogP contribution < -0.4 is 0 Å². The van der Waals surface area contributed by atoms with Gasteiger partial charge in [-0.25, -0.2) is 0 Å². The molecule has 0 fully saturated rings. The SMILES string of the molecule is Cc1cc(C)cc(C#Cc2cc(Br)c(C#Cc3cc(C)cc(C)c3)cc2Br)c1. The molecular formula is C26H20Br2. The zero-order valence-corrected chi connectivity index (χ0v) is 19.5. The molecular weight excluding hydrogens is 472 g/mol. The van der Waals surface area contributed by atoms with E-state index in [4.69, 9.17) is 0 Å². The molecule has 0 bridgehead atoms. The molecule has 0 radical (unpaired) electrons. The zero-order chi connectivity index (χ0) is 20.3. The van der Waals surface area contributed by atoms with E-state index < -0.39 is 0 Å². The Bertz CT molecular complexity index is 1040. The van der Waals surface area contributed by atoms with Gasteiger partial charge in [0.15, 0.2) is 0 Å². The van der Waals surface area contributed by atoms with Crippen molar-refractivity contribution in [1.82, 2.24) is 0 Å². The Balaban J connectivity index is 1.92. The van der Waals surface area contributed by atoms with Crippen molar-refractivity contribution in [2.75, 3.05) is 0 Å². The van der Waals surface area contributed by atoms with Crippen LogP contribution in [0.15, 0.2) is 57.5 Å². The van der Waals surface area contributed by atoms with Crippen LogP contribution in [0.4, 0.5) is 0 Å². The van der Waals surface area contributed by atoms with E-state index in [0.29, 0.717) is 0 Å². The Morgan fingerprint density at radius 2 is 0.786 bits per heavy atom. The second kappa shape index (κ2) is 8.83. The average Bonchev–Trinajstić information content (AvgIpc) is 2.59. The van der Waals surface area contributed by atoms with Gasteiger partial charge in [-0.3, -0.25) is 0 Å². The molecule has 28 heavy (non-hydrogen) atoms. The lowest BCUT2D eigenvalue weighted by Gasteiger charge is -2.02. The van der Waals surface area contributed by atoms with Gasteiger partial charge in [0.25, 0.3) is 0 Å². The Hall–Kier alpha value is -2.26. The summed E-state index contributed by atoms with van der Waals surface area (Å²) >= 11 is 7.28. The predicted octanol–water partition coefficient (Wildman–Crippen LogP) is 7.24. The molecule has 0 N–H and O–H groups in total. The van der Waals surface area contributed by atoms with E-state index in [9.17, 15) is 0 Å². The first-order valence-electron chi connectivity index (χ1n) is 9.00. The van der Waals surface area contributed by atoms with Crippen molar-refractivity contribution in [1.29, 1.82) is 0 Å². The summed E-state index contributed by atoms with van der Waals surface area (Å²) < 4.78 is 1.88. The first kappa shape index (κ1) is 20.5. The van der Waals surface area contributed by atoms with Gasteiger partial charge in [-0.1, -0.05) is 35.8 Å². The molecule has 3 aromatic carbocycles. The van der Waals surface area contributed by atoms with Gasteiger partial charge in [0.1, 0.15) is 0 Å². The van der Waals surface area contributed by atoms with Crippen molar-refractivity contribution in [3.63, 3.8) is 0 Å². The van der Waals surface area contributed by atoms with Gasteiger partial charge in [-0.05, 0) is 118 Å². The van der Waals surface area contributed by atoms with Gasteiger partial charge in [0, 0.05) is 31.2 Å². The fraction of sp³-hybridized carbons (Fsp3) is 0.154. The van der Waals surface area contributed by atoms with Crippen molar-refractivity contribution in [3.05, 3.63) is 102 Å². The fourth-order valence-corrected chi connectivity index (χ4v) is 4.00. The van der Waals surface area contributed by atoms with Crippen LogP contribution in [-0.2, 0) is 0 Å². The molecule has 2 heteroatoms. The molecule has 0 saturated heterocycles. The minimum atomic E-state index is 0.933. The first-order valence-corrected chi connectivity index (χ1v) is 10.6. The third-order valence-corrected chi connectivity index (χ3v) is 5.50. The van der Waals surface area contributed by atoms with E-state index in [2.05, 4.69) is 120 Å². The molecule has 3 rings (SSSR count). The number of hydrogen-bond donors (Lipinski definition) is 0. The highest BCUT2D eigenvalue weighted by Crippen LogP contribution is 2.25. The van der Waals surface area contributed by atoms with E-state index in [1.54, 1.807) is 0 Å². The lowest BCUT2D eigenvalue weighted by Crippen LogP contribution is -1.86. The Morgan fingerprint density at radius 1 is 0.464 bits per heavy atom. The molecule has 0 heterocycles. The predicted molar refractivity (Wildman–Crippen MR) is 126 cm³/mol. The van der Waals surface area contributed by atoms with Gasteiger partial charge in [-0.2, -0.15) is 0 Å². The molecule has 0 unspecified atom stereocenters. The van der Waals surface area contributed by atoms with Crippen LogP contribution in [0.2, 0.25) is 0 Å². The maximum Gasteiger partial charge on any atom is 0.0403 e. The highest BCUT2D eigenvalue weighted by Gasteiger charge is 2.04. The second-order valence-corrected chi connectivity index (χ2v) is 8.77. The second-order valence-electron chi connectivity index (χ2n) is 7.06. The number of halogens is 2. The van der Waals surface area contributed by atoms with Crippen LogP contribution >= 0.6 is 31.9 Å². The van der Waals surface area contributed by atoms with Crippen LogP contribution in [0.5, 0.6) is 0 Å². The molecule has 0 aliphatic rings. The van der Waals surface area contributed by atoms with Crippen LogP contribution in [0, 0.1) is 51.4 Å². The number of rotatable bonds is 0. The van der Waals surface area contributed by atoms with Crippen molar-refractivity contribution in [3.8, 4) is 23.7 Å². The lowest BCUT2D eigenvalue weighted by atomic mass is 10.1. The molecule has 0 saturated carbocycles. The quantitative estimate of drug-likeness (QED) is 0.290. The Labute approximate surface area is 184 Å². The van der Waals surface area contributed by atoms with Gasteiger partial charge >= 0.3 is 0 Å². The average molecular weight is 492 g/mol. The van der Waals surface area contributed by atoms with E-state index in [-0.39, 0.29) is 0 Å². The number of hydrogen-bond acceptors (Lipinski definition) is 0. The molecule has 0 nitrogen and oxygen atoms in total. The van der Waals surface area contributed by atoms with Crippen molar-refractivity contribution >= 4 is 31.9 Å². The summed E-state index contributed by atoms with van der Waals surface area (Å²) in [6.07, 6.45) is 0. The van der Waals surface area contributed by atoms with Crippen LogP contribution in [0.3, 0.4) is 0 Å². The molecule has 3 aromatic rings. The largest absolute Gasteiger partial charge is 0.0616 e. The maximum absolute atomic E-state index is 3.64. The van der Waals surface area contributed by atoms with Crippen LogP contribution in [0.25, 0.3) is 0 Å². The third-order valence-electron chi connectivity index (χ3n) is 4.18. The van der Waals surface area contributed by atoms with Gasteiger partial charge in [0.05, 0.1) is 0 Å². The molecule has 138 valence electrons. The molecule has 0 spiro atoms. The summed E-state index contributed by atoms with van der Waals surface area (Å²) in [6, 6.07) is 16.8. The van der Waals surface area contributed by atoms with Crippen LogP contribution in [0.1, 0.15) is 44.5 Å². The minimum absolute atomic E-state index is 0.933. The summed E-state index contributed by atoms with van der Waals surface area (Å²) in [7, 11) is 0. The Kier molecular flexibility index (Phi) is 6.46. The fourth-order valence-electron chi connectivity index (χ4n) is 3.11. The third kappa shape index (κ3) is 5.39. The van der Waals surface area contributed by atoms with E-state index in [1.165, 1.54) is 22.3 Å². The van der Waals surface area contributed by atoms with Crippen molar-refractivity contribution in [2.24, 2.45) is 0 Å². The van der Waals surface area contributed by atoms with E-state index in [1.807, 2.05) is 12.1 Å². The summed E-state index contributed by atoms with van der Waals surface area (Å²) in [6.45, 7) is 8.36. The summed E-state index contributed by atoms with van der Waals surface area (Å²) in [5.74, 6) is 13.1. The summed E-state index contributed by atoms with van der Waals surface area (Å²) in [4.78, 5) is 0. The zero-order valence-electron chi connectivity index (χ0n) is 16.4. The maximum atomic E-state index is 3.64. The molecule has 0 atom stereocenters. The normalized spacial score (nSPS) is 9.93. The molecule has 0 amide bonds. The van der Waals surface area contributed by atoms with Crippen LogP contribution in [-0.4, -0.2) is 0 Å². The number of benzene rings is 3. The van der Waals surface area contributed by atoms with Gasteiger partial charge in [0.2, 0.25) is 0 Å². The van der Waals surface area contributed by atoms with Gasteiger partial charge < -0.3 is 0 Å². The first-order chi connectivity index (χ1) is 13.3. The highest BCUT2D eigenvalue weighted by molar-refractivity contribution is 9.11. The number of aryl methyl sites for hydroxylation is 4. The Morgan fingerprint density at radius 3 is 1.11 bits per heavy atom. The topological polar surface area (TPSA) is 0 Å². The summed E-state index contributed by atoms with van der Waals surface area (Å²) in [5, 5.41) is 0. The van der Waals surface area contributed by atoms with E-state index in [0.717, 1.165) is 31.2 Å². The minimum Gasteiger partial charge on any atom is -0.0616 e. The van der Waals surface area contributed by atoms with Gasteiger partial charge in [-0.15, -0.1) is 0 Å². The highest BCUT2D eigenvalue weighted by atomic mass is 79.9. The lowest BCUT2D eigenvalue weighted by molar-refractivity contribution is 1.37. The van der Waals surface area contributed by atoms with Crippen molar-refractivity contribution in [2.45, 2.75) is 27.7 Å².